The third kappa shape index (κ3) is 3.57. The predicted molar refractivity (Wildman–Crippen MR) is 110 cm³/mol. The number of carbonyl (C=O) groups excluding carboxylic acids is 1. The van der Waals surface area contributed by atoms with Gasteiger partial charge in [-0.3, -0.25) is 4.79 Å². The van der Waals surface area contributed by atoms with Crippen LogP contribution in [-0.2, 0) is 7.05 Å². The Kier molecular flexibility index (Phi) is 5.24. The SMILES string of the molecule is CC[NH+]1CCN(C(=O)c2cc(-c3cccn3C)nn2-c2ccc(Cl)cc2)CC1. The van der Waals surface area contributed by atoms with Gasteiger partial charge in [0.2, 0.25) is 0 Å². The van der Waals surface area contributed by atoms with Gasteiger partial charge < -0.3 is 14.4 Å². The first-order valence-corrected chi connectivity index (χ1v) is 10.0. The third-order valence-corrected chi connectivity index (χ3v) is 5.72. The molecule has 0 aliphatic carbocycles. The van der Waals surface area contributed by atoms with Gasteiger partial charge in [-0.2, -0.15) is 5.10 Å². The molecule has 0 atom stereocenters. The Labute approximate surface area is 169 Å². The van der Waals surface area contributed by atoms with Gasteiger partial charge in [0, 0.05) is 18.3 Å². The van der Waals surface area contributed by atoms with E-state index >= 15 is 0 Å². The molecular formula is C21H25ClN5O+. The lowest BCUT2D eigenvalue weighted by molar-refractivity contribution is -0.902. The highest BCUT2D eigenvalue weighted by Crippen LogP contribution is 2.23. The first-order valence-electron chi connectivity index (χ1n) is 9.67. The van der Waals surface area contributed by atoms with Gasteiger partial charge in [0.05, 0.1) is 44.1 Å². The summed E-state index contributed by atoms with van der Waals surface area (Å²) in [5.41, 5.74) is 3.16. The molecular weight excluding hydrogens is 374 g/mol. The zero-order chi connectivity index (χ0) is 19.7. The number of piperazine rings is 1. The van der Waals surface area contributed by atoms with Crippen molar-refractivity contribution in [3.05, 3.63) is 59.4 Å². The number of aromatic nitrogens is 3. The minimum Gasteiger partial charge on any atom is -0.349 e. The van der Waals surface area contributed by atoms with Crippen molar-refractivity contribution in [1.82, 2.24) is 19.2 Å². The van der Waals surface area contributed by atoms with Crippen molar-refractivity contribution in [3.63, 3.8) is 0 Å². The maximum absolute atomic E-state index is 13.3. The molecule has 3 aromatic rings. The van der Waals surface area contributed by atoms with E-state index in [-0.39, 0.29) is 5.91 Å². The van der Waals surface area contributed by atoms with E-state index in [2.05, 4.69) is 6.92 Å². The fourth-order valence-electron chi connectivity index (χ4n) is 3.71. The lowest BCUT2D eigenvalue weighted by atomic mass is 10.2. The van der Waals surface area contributed by atoms with Crippen molar-refractivity contribution < 1.29 is 9.69 Å². The maximum Gasteiger partial charge on any atom is 0.273 e. The van der Waals surface area contributed by atoms with Crippen LogP contribution in [0.15, 0.2) is 48.7 Å². The number of rotatable bonds is 4. The molecule has 146 valence electrons. The third-order valence-electron chi connectivity index (χ3n) is 5.46. The molecule has 1 aliphatic heterocycles. The van der Waals surface area contributed by atoms with Crippen LogP contribution >= 0.6 is 11.6 Å². The molecule has 2 aromatic heterocycles. The Morgan fingerprint density at radius 1 is 1.18 bits per heavy atom. The van der Waals surface area contributed by atoms with Crippen molar-refractivity contribution in [3.8, 4) is 17.1 Å². The minimum atomic E-state index is 0.0260. The summed E-state index contributed by atoms with van der Waals surface area (Å²) >= 11 is 6.05. The van der Waals surface area contributed by atoms with Gasteiger partial charge in [-0.25, -0.2) is 4.68 Å². The average Bonchev–Trinajstić information content (AvgIpc) is 3.34. The van der Waals surface area contributed by atoms with Crippen molar-refractivity contribution in [2.24, 2.45) is 7.05 Å². The molecule has 0 unspecified atom stereocenters. The topological polar surface area (TPSA) is 47.5 Å². The van der Waals surface area contributed by atoms with E-state index in [9.17, 15) is 4.79 Å². The summed E-state index contributed by atoms with van der Waals surface area (Å²) in [4.78, 5) is 16.8. The predicted octanol–water partition coefficient (Wildman–Crippen LogP) is 1.89. The molecule has 1 aromatic carbocycles. The number of halogens is 1. The number of hydrogen-bond donors (Lipinski definition) is 1. The number of carbonyl (C=O) groups is 1. The monoisotopic (exact) mass is 398 g/mol. The number of amides is 1. The van der Waals surface area contributed by atoms with E-state index in [0.717, 1.165) is 49.8 Å². The van der Waals surface area contributed by atoms with Crippen LogP contribution in [0.1, 0.15) is 17.4 Å². The van der Waals surface area contributed by atoms with Crippen LogP contribution in [0.4, 0.5) is 0 Å². The summed E-state index contributed by atoms with van der Waals surface area (Å²) in [6.45, 7) is 6.81. The van der Waals surface area contributed by atoms with Crippen LogP contribution in [0.3, 0.4) is 0 Å². The Morgan fingerprint density at radius 2 is 1.89 bits per heavy atom. The average molecular weight is 399 g/mol. The van der Waals surface area contributed by atoms with E-state index in [1.54, 1.807) is 9.58 Å². The van der Waals surface area contributed by atoms with Crippen molar-refractivity contribution in [1.29, 1.82) is 0 Å². The molecule has 1 aliphatic rings. The first kappa shape index (κ1) is 18.8. The Morgan fingerprint density at radius 3 is 2.50 bits per heavy atom. The van der Waals surface area contributed by atoms with Crippen LogP contribution < -0.4 is 4.90 Å². The van der Waals surface area contributed by atoms with E-state index < -0.39 is 0 Å². The summed E-state index contributed by atoms with van der Waals surface area (Å²) in [7, 11) is 1.98. The number of aryl methyl sites for hydroxylation is 1. The van der Waals surface area contributed by atoms with Crippen LogP contribution in [0.5, 0.6) is 0 Å². The standard InChI is InChI=1S/C21H24ClN5O/c1-3-25-11-13-26(14-12-25)21(28)20-15-18(19-5-4-10-24(19)2)23-27(20)17-8-6-16(22)7-9-17/h4-10,15H,3,11-14H2,1-2H3/p+1. The largest absolute Gasteiger partial charge is 0.349 e. The molecule has 0 radical (unpaired) electrons. The van der Waals surface area contributed by atoms with E-state index in [4.69, 9.17) is 16.7 Å². The van der Waals surface area contributed by atoms with Gasteiger partial charge in [0.15, 0.2) is 0 Å². The highest BCUT2D eigenvalue weighted by atomic mass is 35.5. The Hall–Kier alpha value is -2.57. The fourth-order valence-corrected chi connectivity index (χ4v) is 3.83. The van der Waals surface area contributed by atoms with Crippen LogP contribution in [-0.4, -0.2) is 57.9 Å². The molecule has 0 saturated carbocycles. The first-order chi connectivity index (χ1) is 13.6. The molecule has 3 heterocycles. The molecule has 4 rings (SSSR count). The maximum atomic E-state index is 13.3. The number of nitrogens with zero attached hydrogens (tertiary/aromatic N) is 4. The summed E-state index contributed by atoms with van der Waals surface area (Å²) < 4.78 is 3.74. The molecule has 6 nitrogen and oxygen atoms in total. The molecule has 28 heavy (non-hydrogen) atoms. The second-order valence-electron chi connectivity index (χ2n) is 7.20. The smallest absolute Gasteiger partial charge is 0.273 e. The summed E-state index contributed by atoms with van der Waals surface area (Å²) in [5.74, 6) is 0.0260. The molecule has 7 heteroatoms. The number of likely N-dealkylation sites (N-methyl/N-ethyl adjacent to an activating group) is 1. The van der Waals surface area contributed by atoms with Gasteiger partial charge in [0.1, 0.15) is 11.4 Å². The molecule has 0 bridgehead atoms. The molecule has 1 fully saturated rings. The van der Waals surface area contributed by atoms with Gasteiger partial charge in [-0.05, 0) is 49.4 Å². The number of benzene rings is 1. The van der Waals surface area contributed by atoms with Crippen LogP contribution in [0, 0.1) is 0 Å². The van der Waals surface area contributed by atoms with Gasteiger partial charge >= 0.3 is 0 Å². The molecule has 1 saturated heterocycles. The second kappa shape index (κ2) is 7.81. The second-order valence-corrected chi connectivity index (χ2v) is 7.64. The highest BCUT2D eigenvalue weighted by Gasteiger charge is 2.27. The number of nitrogens with one attached hydrogen (secondary N) is 1. The van der Waals surface area contributed by atoms with Crippen molar-refractivity contribution in [2.45, 2.75) is 6.92 Å². The van der Waals surface area contributed by atoms with Gasteiger partial charge in [-0.1, -0.05) is 11.6 Å². The summed E-state index contributed by atoms with van der Waals surface area (Å²) in [5, 5.41) is 5.42. The van der Waals surface area contributed by atoms with E-state index in [1.165, 1.54) is 0 Å². The lowest BCUT2D eigenvalue weighted by Gasteiger charge is -2.31. The summed E-state index contributed by atoms with van der Waals surface area (Å²) in [6.07, 6.45) is 1.98. The zero-order valence-corrected chi connectivity index (χ0v) is 17.0. The zero-order valence-electron chi connectivity index (χ0n) is 16.2. The lowest BCUT2D eigenvalue weighted by Crippen LogP contribution is -3.14. The van der Waals surface area contributed by atoms with Crippen molar-refractivity contribution >= 4 is 17.5 Å². The normalized spacial score (nSPS) is 15.2. The van der Waals surface area contributed by atoms with E-state index in [1.807, 2.05) is 65.2 Å². The summed E-state index contributed by atoms with van der Waals surface area (Å²) in [6, 6.07) is 13.3. The van der Waals surface area contributed by atoms with Crippen molar-refractivity contribution in [2.75, 3.05) is 32.7 Å². The number of quaternary nitrogens is 1. The highest BCUT2D eigenvalue weighted by molar-refractivity contribution is 6.30. The van der Waals surface area contributed by atoms with Gasteiger partial charge in [0.25, 0.3) is 5.91 Å². The number of hydrogen-bond acceptors (Lipinski definition) is 2. The van der Waals surface area contributed by atoms with Gasteiger partial charge in [-0.15, -0.1) is 0 Å². The Balaban J connectivity index is 1.72. The molecule has 1 N–H and O–H groups in total. The fraction of sp³-hybridized carbons (Fsp3) is 0.333. The minimum absolute atomic E-state index is 0.0260. The molecule has 1 amide bonds. The van der Waals surface area contributed by atoms with Crippen LogP contribution in [0.2, 0.25) is 5.02 Å². The Bertz CT molecular complexity index is 967. The molecule has 0 spiro atoms. The van der Waals surface area contributed by atoms with Crippen LogP contribution in [0.25, 0.3) is 17.1 Å². The van der Waals surface area contributed by atoms with E-state index in [0.29, 0.717) is 10.7 Å². The quantitative estimate of drug-likeness (QED) is 0.729.